The summed E-state index contributed by atoms with van der Waals surface area (Å²) in [5, 5.41) is 10.9. The van der Waals surface area contributed by atoms with Crippen molar-refractivity contribution in [3.8, 4) is 0 Å². The van der Waals surface area contributed by atoms with Crippen LogP contribution in [0.5, 0.6) is 0 Å². The van der Waals surface area contributed by atoms with Gasteiger partial charge in [-0.1, -0.05) is 12.1 Å². The third kappa shape index (κ3) is 4.91. The minimum atomic E-state index is -0.469. The molecule has 0 unspecified atom stereocenters. The Labute approximate surface area is 196 Å². The Kier molecular flexibility index (Phi) is 6.58. The lowest BCUT2D eigenvalue weighted by Gasteiger charge is -2.30. The van der Waals surface area contributed by atoms with Gasteiger partial charge in [-0.15, -0.1) is 0 Å². The number of benzene rings is 2. The lowest BCUT2D eigenvalue weighted by Crippen LogP contribution is -2.36. The number of anilines is 1. The maximum absolute atomic E-state index is 12.9. The van der Waals surface area contributed by atoms with Crippen LogP contribution < -0.4 is 4.90 Å². The maximum Gasteiger partial charge on any atom is 0.293 e. The monoisotopic (exact) mass is 551 g/mol. The zero-order valence-electron chi connectivity index (χ0n) is 16.3. The van der Waals surface area contributed by atoms with Gasteiger partial charge in [0.15, 0.2) is 0 Å². The molecule has 0 bridgehead atoms. The fourth-order valence-corrected chi connectivity index (χ4v) is 4.60. The van der Waals surface area contributed by atoms with Gasteiger partial charge >= 0.3 is 0 Å². The van der Waals surface area contributed by atoms with Crippen molar-refractivity contribution in [2.45, 2.75) is 6.54 Å². The fraction of sp³-hybridized carbons (Fsp3) is 0.238. The van der Waals surface area contributed by atoms with E-state index >= 15 is 0 Å². The van der Waals surface area contributed by atoms with E-state index in [0.29, 0.717) is 31.9 Å². The Balaban J connectivity index is 1.64. The largest absolute Gasteiger partial charge is 0.378 e. The van der Waals surface area contributed by atoms with E-state index in [1.54, 1.807) is 12.1 Å². The first kappa shape index (κ1) is 21.8. The first-order chi connectivity index (χ1) is 14.9. The number of thioether (sulfide) groups is 1. The van der Waals surface area contributed by atoms with Gasteiger partial charge in [-0.2, -0.15) is 0 Å². The van der Waals surface area contributed by atoms with E-state index < -0.39 is 10.8 Å². The van der Waals surface area contributed by atoms with Crippen LogP contribution in [0.15, 0.2) is 47.4 Å². The van der Waals surface area contributed by atoms with Gasteiger partial charge in [-0.05, 0) is 64.2 Å². The second-order valence-corrected chi connectivity index (χ2v) is 9.23. The Bertz CT molecular complexity index is 1070. The number of nitro benzene ring substituents is 1. The Morgan fingerprint density at radius 1 is 1.13 bits per heavy atom. The number of carbonyl (C=O) groups excluding carboxylic acids is 2. The number of amides is 2. The molecule has 160 valence electrons. The molecule has 0 aliphatic carbocycles. The molecule has 0 N–H and O–H groups in total. The summed E-state index contributed by atoms with van der Waals surface area (Å²) in [5.41, 5.74) is 2.10. The summed E-state index contributed by atoms with van der Waals surface area (Å²) in [5.74, 6) is -0.395. The summed E-state index contributed by atoms with van der Waals surface area (Å²) >= 11 is 3.05. The van der Waals surface area contributed by atoms with Crippen molar-refractivity contribution in [2.24, 2.45) is 0 Å². The van der Waals surface area contributed by atoms with Crippen LogP contribution in [0.2, 0.25) is 0 Å². The van der Waals surface area contributed by atoms with Crippen molar-refractivity contribution < 1.29 is 19.2 Å². The summed E-state index contributed by atoms with van der Waals surface area (Å²) in [6, 6.07) is 12.2. The normalized spacial score (nSPS) is 18.2. The molecule has 2 aromatic carbocycles. The molecule has 0 atom stereocenters. The number of imide groups is 1. The lowest BCUT2D eigenvalue weighted by molar-refractivity contribution is -0.384. The minimum Gasteiger partial charge on any atom is -0.378 e. The van der Waals surface area contributed by atoms with Crippen molar-refractivity contribution >= 4 is 62.9 Å². The summed E-state index contributed by atoms with van der Waals surface area (Å²) in [7, 11) is 0. The van der Waals surface area contributed by atoms with Gasteiger partial charge in [-0.3, -0.25) is 24.6 Å². The molecule has 2 amide bonds. The van der Waals surface area contributed by atoms with Crippen LogP contribution in [-0.2, 0) is 16.1 Å². The summed E-state index contributed by atoms with van der Waals surface area (Å²) in [6.45, 7) is 2.59. The van der Waals surface area contributed by atoms with E-state index in [9.17, 15) is 19.7 Å². The molecule has 2 saturated heterocycles. The highest BCUT2D eigenvalue weighted by Gasteiger charge is 2.35. The SMILES string of the molecule is O=C1S/C(=C\c2cc([N+](=O)[O-])ccc2N2CCOCC2)C(=O)N1Cc1ccc(I)cc1. The number of hydrogen-bond acceptors (Lipinski definition) is 7. The van der Waals surface area contributed by atoms with Crippen molar-refractivity contribution in [3.05, 3.63) is 72.2 Å². The van der Waals surface area contributed by atoms with Crippen molar-refractivity contribution in [3.63, 3.8) is 0 Å². The van der Waals surface area contributed by atoms with Gasteiger partial charge in [0.1, 0.15) is 0 Å². The molecular weight excluding hydrogens is 533 g/mol. The number of morpholine rings is 1. The third-order valence-electron chi connectivity index (χ3n) is 4.99. The number of carbonyl (C=O) groups is 2. The number of hydrogen-bond donors (Lipinski definition) is 0. The number of ether oxygens (including phenoxy) is 1. The van der Waals surface area contributed by atoms with Gasteiger partial charge in [-0.25, -0.2) is 0 Å². The van der Waals surface area contributed by atoms with E-state index in [1.807, 2.05) is 24.3 Å². The average Bonchev–Trinajstić information content (AvgIpc) is 3.03. The molecule has 2 aliphatic heterocycles. The van der Waals surface area contributed by atoms with Gasteiger partial charge in [0.25, 0.3) is 16.8 Å². The molecule has 0 radical (unpaired) electrons. The van der Waals surface area contributed by atoms with Crippen LogP contribution >= 0.6 is 34.4 Å². The average molecular weight is 551 g/mol. The maximum atomic E-state index is 12.9. The number of nitro groups is 1. The van der Waals surface area contributed by atoms with E-state index in [-0.39, 0.29) is 22.4 Å². The zero-order chi connectivity index (χ0) is 22.0. The van der Waals surface area contributed by atoms with Gasteiger partial charge in [0, 0.05) is 40.0 Å². The summed E-state index contributed by atoms with van der Waals surface area (Å²) in [6.07, 6.45) is 1.58. The van der Waals surface area contributed by atoms with Crippen molar-refractivity contribution in [1.82, 2.24) is 4.90 Å². The second kappa shape index (κ2) is 9.37. The Hall–Kier alpha value is -2.44. The minimum absolute atomic E-state index is 0.0682. The number of halogens is 1. The van der Waals surface area contributed by atoms with Crippen LogP contribution in [0.3, 0.4) is 0 Å². The van der Waals surface area contributed by atoms with Crippen LogP contribution in [0, 0.1) is 13.7 Å². The first-order valence-corrected chi connectivity index (χ1v) is 11.4. The molecule has 0 aromatic heterocycles. The molecular formula is C21H18IN3O5S. The second-order valence-electron chi connectivity index (χ2n) is 6.99. The van der Waals surface area contributed by atoms with Crippen LogP contribution in [0.25, 0.3) is 6.08 Å². The topological polar surface area (TPSA) is 93.0 Å². The number of nitrogens with zero attached hydrogens (tertiary/aromatic N) is 3. The molecule has 0 saturated carbocycles. The van der Waals surface area contributed by atoms with Crippen molar-refractivity contribution in [2.75, 3.05) is 31.2 Å². The first-order valence-electron chi connectivity index (χ1n) is 9.53. The predicted octanol–water partition coefficient (Wildman–Crippen LogP) is 4.27. The van der Waals surface area contributed by atoms with Gasteiger partial charge in [0.2, 0.25) is 0 Å². The van der Waals surface area contributed by atoms with E-state index in [4.69, 9.17) is 4.74 Å². The summed E-state index contributed by atoms with van der Waals surface area (Å²) < 4.78 is 6.46. The smallest absolute Gasteiger partial charge is 0.293 e. The highest BCUT2D eigenvalue weighted by molar-refractivity contribution is 14.1. The Morgan fingerprint density at radius 2 is 1.84 bits per heavy atom. The van der Waals surface area contributed by atoms with Crippen LogP contribution in [-0.4, -0.2) is 47.3 Å². The van der Waals surface area contributed by atoms with Gasteiger partial charge < -0.3 is 9.64 Å². The Morgan fingerprint density at radius 3 is 2.52 bits per heavy atom. The van der Waals surface area contributed by atoms with Gasteiger partial charge in [0.05, 0.1) is 29.6 Å². The molecule has 4 rings (SSSR count). The predicted molar refractivity (Wildman–Crippen MR) is 127 cm³/mol. The highest BCUT2D eigenvalue weighted by Crippen LogP contribution is 2.36. The molecule has 2 fully saturated rings. The number of rotatable bonds is 5. The van der Waals surface area contributed by atoms with E-state index in [2.05, 4.69) is 27.5 Å². The number of non-ortho nitro benzene ring substituents is 1. The molecule has 2 aromatic rings. The van der Waals surface area contributed by atoms with Crippen LogP contribution in [0.1, 0.15) is 11.1 Å². The molecule has 2 aliphatic rings. The highest BCUT2D eigenvalue weighted by atomic mass is 127. The van der Waals surface area contributed by atoms with Crippen LogP contribution in [0.4, 0.5) is 16.2 Å². The lowest BCUT2D eigenvalue weighted by atomic mass is 10.1. The zero-order valence-corrected chi connectivity index (χ0v) is 19.3. The fourth-order valence-electron chi connectivity index (χ4n) is 3.41. The summed E-state index contributed by atoms with van der Waals surface area (Å²) in [4.78, 5) is 39.8. The molecule has 0 spiro atoms. The van der Waals surface area contributed by atoms with E-state index in [1.165, 1.54) is 17.0 Å². The molecule has 8 nitrogen and oxygen atoms in total. The standard InChI is InChI=1S/C21H18IN3O5S/c22-16-3-1-14(2-4-16)13-24-20(26)19(31-21(24)27)12-15-11-17(25(28)29)5-6-18(15)23-7-9-30-10-8-23/h1-6,11-12H,7-10,13H2/b19-12-. The molecule has 31 heavy (non-hydrogen) atoms. The van der Waals surface area contributed by atoms with Crippen molar-refractivity contribution in [1.29, 1.82) is 0 Å². The quantitative estimate of drug-likeness (QED) is 0.237. The molecule has 10 heteroatoms. The molecule has 2 heterocycles. The third-order valence-corrected chi connectivity index (χ3v) is 6.61. The van der Waals surface area contributed by atoms with E-state index in [0.717, 1.165) is 26.6 Å².